The number of hydrogen-bond donors (Lipinski definition) is 1. The van der Waals surface area contributed by atoms with Crippen molar-refractivity contribution in [3.8, 4) is 28.7 Å². The minimum Gasteiger partial charge on any atom is -0.493 e. The molecule has 0 bridgehead atoms. The van der Waals surface area contributed by atoms with E-state index in [2.05, 4.69) is 15.5 Å². The number of rotatable bonds is 8. The summed E-state index contributed by atoms with van der Waals surface area (Å²) in [4.78, 5) is 12.9. The van der Waals surface area contributed by atoms with Gasteiger partial charge in [-0.2, -0.15) is 4.31 Å². The van der Waals surface area contributed by atoms with E-state index in [9.17, 15) is 13.2 Å². The van der Waals surface area contributed by atoms with Crippen LogP contribution in [0.1, 0.15) is 12.8 Å². The molecule has 0 spiro atoms. The predicted molar refractivity (Wildman–Crippen MR) is 124 cm³/mol. The summed E-state index contributed by atoms with van der Waals surface area (Å²) in [6, 6.07) is 5.10. The normalized spacial score (nSPS) is 16.4. The molecule has 0 radical (unpaired) electrons. The highest BCUT2D eigenvalue weighted by Gasteiger charge is 2.40. The van der Waals surface area contributed by atoms with E-state index >= 15 is 0 Å². The highest BCUT2D eigenvalue weighted by Crippen LogP contribution is 2.41. The first-order valence-corrected chi connectivity index (χ1v) is 12.6. The standard InChI is InChI=1S/C20H21ClN4O7S2/c1-29-13-9-11(10-14(30-2)17(13)31-3)19-23-24-20(32-19)22-18(26)12-5-4-8-25(12)34(27,28)16-7-6-15(21)33-16/h6-7,9-10,12H,4-5,8H2,1-3H3,(H,22,24,26). The molecule has 1 aliphatic rings. The number of carbonyl (C=O) groups excluding carboxylic acids is 1. The first kappa shape index (κ1) is 24.3. The number of anilines is 1. The van der Waals surface area contributed by atoms with Crippen LogP contribution >= 0.6 is 22.9 Å². The summed E-state index contributed by atoms with van der Waals surface area (Å²) >= 11 is 6.84. The maximum Gasteiger partial charge on any atom is 0.322 e. The van der Waals surface area contributed by atoms with Crippen molar-refractivity contribution in [1.82, 2.24) is 14.5 Å². The first-order valence-electron chi connectivity index (χ1n) is 10.0. The van der Waals surface area contributed by atoms with Crippen LogP contribution in [0.25, 0.3) is 11.5 Å². The molecule has 0 aliphatic carbocycles. The number of aromatic nitrogens is 2. The van der Waals surface area contributed by atoms with Gasteiger partial charge in [0.1, 0.15) is 10.3 Å². The molecule has 1 atom stereocenters. The fraction of sp³-hybridized carbons (Fsp3) is 0.350. The van der Waals surface area contributed by atoms with Crippen molar-refractivity contribution in [3.63, 3.8) is 0 Å². The maximum absolute atomic E-state index is 13.0. The van der Waals surface area contributed by atoms with Gasteiger partial charge in [0, 0.05) is 12.1 Å². The highest BCUT2D eigenvalue weighted by molar-refractivity contribution is 7.91. The Bertz CT molecular complexity index is 1280. The van der Waals surface area contributed by atoms with E-state index in [1.54, 1.807) is 12.1 Å². The number of methoxy groups -OCH3 is 3. The second-order valence-electron chi connectivity index (χ2n) is 7.15. The zero-order chi connectivity index (χ0) is 24.5. The minimum absolute atomic E-state index is 0.0830. The minimum atomic E-state index is -3.86. The van der Waals surface area contributed by atoms with Gasteiger partial charge in [-0.05, 0) is 37.1 Å². The lowest BCUT2D eigenvalue weighted by Gasteiger charge is -2.21. The molecule has 4 rings (SSSR count). The molecule has 3 aromatic rings. The Morgan fingerprint density at radius 3 is 2.47 bits per heavy atom. The lowest BCUT2D eigenvalue weighted by molar-refractivity contribution is -0.119. The largest absolute Gasteiger partial charge is 0.493 e. The number of nitrogens with zero attached hydrogens (tertiary/aromatic N) is 3. The molecule has 2 aromatic heterocycles. The lowest BCUT2D eigenvalue weighted by Crippen LogP contribution is -2.42. The SMILES string of the molecule is COc1cc(-c2nnc(NC(=O)C3CCCN3S(=O)(=O)c3ccc(Cl)s3)o2)cc(OC)c1OC. The predicted octanol–water partition coefficient (Wildman–Crippen LogP) is 3.27. The van der Waals surface area contributed by atoms with Crippen LogP contribution in [-0.2, 0) is 14.8 Å². The van der Waals surface area contributed by atoms with Gasteiger partial charge in [0.05, 0.1) is 25.7 Å². The van der Waals surface area contributed by atoms with E-state index in [0.29, 0.717) is 40.0 Å². The highest BCUT2D eigenvalue weighted by atomic mass is 35.5. The molecule has 1 unspecified atom stereocenters. The topological polar surface area (TPSA) is 133 Å². The monoisotopic (exact) mass is 528 g/mol. The van der Waals surface area contributed by atoms with Crippen LogP contribution in [0.5, 0.6) is 17.2 Å². The molecule has 1 fully saturated rings. The van der Waals surface area contributed by atoms with Gasteiger partial charge in [-0.3, -0.25) is 10.1 Å². The summed E-state index contributed by atoms with van der Waals surface area (Å²) in [6.07, 6.45) is 0.898. The number of halogens is 1. The quantitative estimate of drug-likeness (QED) is 0.467. The fourth-order valence-corrected chi connectivity index (χ4v) is 6.89. The average molecular weight is 529 g/mol. The third-order valence-electron chi connectivity index (χ3n) is 5.18. The van der Waals surface area contributed by atoms with Crippen molar-refractivity contribution in [2.24, 2.45) is 0 Å². The molecule has 34 heavy (non-hydrogen) atoms. The van der Waals surface area contributed by atoms with Crippen molar-refractivity contribution in [1.29, 1.82) is 0 Å². The number of thiophene rings is 1. The van der Waals surface area contributed by atoms with Gasteiger partial charge in [0.2, 0.25) is 17.5 Å². The van der Waals surface area contributed by atoms with Gasteiger partial charge in [0.15, 0.2) is 11.5 Å². The fourth-order valence-electron chi connectivity index (χ4n) is 3.63. The van der Waals surface area contributed by atoms with Crippen LogP contribution in [0.15, 0.2) is 32.9 Å². The summed E-state index contributed by atoms with van der Waals surface area (Å²) in [7, 11) is 0.579. The number of ether oxygens (including phenoxy) is 3. The van der Waals surface area contributed by atoms with E-state index in [1.807, 2.05) is 0 Å². The molecule has 14 heteroatoms. The molecule has 1 aromatic carbocycles. The third-order valence-corrected chi connectivity index (χ3v) is 8.79. The molecule has 1 saturated heterocycles. The van der Waals surface area contributed by atoms with Gasteiger partial charge >= 0.3 is 6.01 Å². The summed E-state index contributed by atoms with van der Waals surface area (Å²) in [6.45, 7) is 0.219. The molecule has 11 nitrogen and oxygen atoms in total. The second kappa shape index (κ2) is 9.78. The Morgan fingerprint density at radius 1 is 1.18 bits per heavy atom. The molecule has 1 amide bonds. The van der Waals surface area contributed by atoms with Gasteiger partial charge in [-0.1, -0.05) is 16.7 Å². The Labute approximate surface area is 204 Å². The van der Waals surface area contributed by atoms with Crippen LogP contribution in [0.2, 0.25) is 4.34 Å². The van der Waals surface area contributed by atoms with Crippen molar-refractivity contribution in [2.45, 2.75) is 23.1 Å². The molecule has 1 N–H and O–H groups in total. The van der Waals surface area contributed by atoms with Crippen molar-refractivity contribution < 1.29 is 31.8 Å². The van der Waals surface area contributed by atoms with E-state index in [4.69, 9.17) is 30.2 Å². The third kappa shape index (κ3) is 4.56. The smallest absolute Gasteiger partial charge is 0.322 e. The van der Waals surface area contributed by atoms with Crippen LogP contribution < -0.4 is 19.5 Å². The van der Waals surface area contributed by atoms with E-state index < -0.39 is 22.0 Å². The van der Waals surface area contributed by atoms with E-state index in [1.165, 1.54) is 37.8 Å². The summed E-state index contributed by atoms with van der Waals surface area (Å²) in [5.74, 6) is 0.709. The summed E-state index contributed by atoms with van der Waals surface area (Å²) in [5.41, 5.74) is 0.474. The van der Waals surface area contributed by atoms with Crippen molar-refractivity contribution in [3.05, 3.63) is 28.6 Å². The molecular formula is C20H21ClN4O7S2. The van der Waals surface area contributed by atoms with E-state index in [-0.39, 0.29) is 22.7 Å². The molecular weight excluding hydrogens is 508 g/mol. The van der Waals surface area contributed by atoms with E-state index in [0.717, 1.165) is 11.3 Å². The zero-order valence-corrected chi connectivity index (χ0v) is 20.8. The Kier molecular flexibility index (Phi) is 6.98. The van der Waals surface area contributed by atoms with Crippen LogP contribution in [-0.4, -0.2) is 62.7 Å². The molecule has 3 heterocycles. The Balaban J connectivity index is 1.54. The van der Waals surface area contributed by atoms with Crippen LogP contribution in [0.4, 0.5) is 6.01 Å². The van der Waals surface area contributed by atoms with Gasteiger partial charge in [-0.15, -0.1) is 16.4 Å². The number of amides is 1. The number of benzene rings is 1. The number of sulfonamides is 1. The molecule has 182 valence electrons. The lowest BCUT2D eigenvalue weighted by atomic mass is 10.2. The number of carbonyl (C=O) groups is 1. The Hall–Kier alpha value is -2.87. The van der Waals surface area contributed by atoms with Gasteiger partial charge in [0.25, 0.3) is 10.0 Å². The number of nitrogens with one attached hydrogen (secondary N) is 1. The summed E-state index contributed by atoms with van der Waals surface area (Å²) < 4.78 is 49.1. The van der Waals surface area contributed by atoms with Crippen LogP contribution in [0.3, 0.4) is 0 Å². The second-order valence-corrected chi connectivity index (χ2v) is 11.0. The van der Waals surface area contributed by atoms with Crippen LogP contribution in [0, 0.1) is 0 Å². The van der Waals surface area contributed by atoms with Crippen molar-refractivity contribution in [2.75, 3.05) is 33.2 Å². The van der Waals surface area contributed by atoms with Gasteiger partial charge < -0.3 is 18.6 Å². The Morgan fingerprint density at radius 2 is 1.88 bits per heavy atom. The first-order chi connectivity index (χ1) is 16.3. The zero-order valence-electron chi connectivity index (χ0n) is 18.4. The summed E-state index contributed by atoms with van der Waals surface area (Å²) in [5, 5.41) is 10.3. The molecule has 0 saturated carbocycles. The molecule has 1 aliphatic heterocycles. The number of hydrogen-bond acceptors (Lipinski definition) is 10. The maximum atomic E-state index is 13.0. The van der Waals surface area contributed by atoms with Gasteiger partial charge in [-0.25, -0.2) is 8.42 Å². The van der Waals surface area contributed by atoms with Crippen molar-refractivity contribution >= 4 is 44.9 Å². The average Bonchev–Trinajstić information content (AvgIpc) is 3.59.